The van der Waals surface area contributed by atoms with Crippen LogP contribution in [0.5, 0.6) is 0 Å². The number of fused-ring (bicyclic) bond motifs is 5. The van der Waals surface area contributed by atoms with E-state index in [1.54, 1.807) is 10.5 Å². The van der Waals surface area contributed by atoms with Gasteiger partial charge in [-0.25, -0.2) is 9.97 Å². The monoisotopic (exact) mass is 428 g/mol. The molecule has 7 rings (SSSR count). The number of pyridine rings is 1. The molecule has 0 saturated heterocycles. The highest BCUT2D eigenvalue weighted by Gasteiger charge is 2.21. The SMILES string of the molecule is Cn1c(-c2ccc3c(=O)n4c5ccccc5nc4c4ccc(C=O)c2c34)nc2ccccc21. The maximum Gasteiger partial charge on any atom is 0.264 e. The Bertz CT molecular complexity index is 1980. The second-order valence-corrected chi connectivity index (χ2v) is 8.28. The van der Waals surface area contributed by atoms with E-state index in [1.807, 2.05) is 78.3 Å². The minimum Gasteiger partial charge on any atom is -0.327 e. The van der Waals surface area contributed by atoms with E-state index in [0.717, 1.165) is 55.9 Å². The van der Waals surface area contributed by atoms with Gasteiger partial charge in [0.05, 0.1) is 22.1 Å². The lowest BCUT2D eigenvalue weighted by Gasteiger charge is -2.13. The second-order valence-electron chi connectivity index (χ2n) is 8.28. The molecule has 156 valence electrons. The predicted octanol–water partition coefficient (Wildman–Crippen LogP) is 4.96. The smallest absolute Gasteiger partial charge is 0.264 e. The Balaban J connectivity index is 1.72. The van der Waals surface area contributed by atoms with Crippen LogP contribution in [0.3, 0.4) is 0 Å². The average Bonchev–Trinajstić information content (AvgIpc) is 3.40. The van der Waals surface area contributed by atoms with Gasteiger partial charge in [-0.05, 0) is 42.5 Å². The fourth-order valence-corrected chi connectivity index (χ4v) is 5.09. The highest BCUT2D eigenvalue weighted by Crippen LogP contribution is 2.38. The number of aldehydes is 1. The van der Waals surface area contributed by atoms with Gasteiger partial charge in [0.25, 0.3) is 5.56 Å². The van der Waals surface area contributed by atoms with E-state index in [-0.39, 0.29) is 5.56 Å². The lowest BCUT2D eigenvalue weighted by atomic mass is 9.94. The standard InChI is InChI=1S/C27H16N4O2/c1-30-21-8-4-2-6-19(21)28-25(30)16-12-13-18-24-17(11-10-15(14-32)23(16)24)26-29-20-7-3-5-9-22(20)31(26)27(18)33/h2-14H,1H3. The van der Waals surface area contributed by atoms with E-state index in [1.165, 1.54) is 0 Å². The lowest BCUT2D eigenvalue weighted by molar-refractivity contribution is 0.112. The number of aryl methyl sites for hydroxylation is 1. The van der Waals surface area contributed by atoms with Crippen LogP contribution in [-0.2, 0) is 7.05 Å². The molecule has 0 unspecified atom stereocenters. The molecular weight excluding hydrogens is 412 g/mol. The molecule has 6 heteroatoms. The third-order valence-electron chi connectivity index (χ3n) is 6.58. The third kappa shape index (κ3) is 2.22. The van der Waals surface area contributed by atoms with E-state index in [2.05, 4.69) is 0 Å². The van der Waals surface area contributed by atoms with Gasteiger partial charge >= 0.3 is 0 Å². The topological polar surface area (TPSA) is 69.3 Å². The molecule has 3 heterocycles. The Labute approximate surface area is 186 Å². The van der Waals surface area contributed by atoms with Crippen LogP contribution in [0.1, 0.15) is 10.4 Å². The summed E-state index contributed by atoms with van der Waals surface area (Å²) in [5, 5.41) is 2.87. The molecule has 0 bridgehead atoms. The molecule has 7 aromatic rings. The quantitative estimate of drug-likeness (QED) is 0.365. The van der Waals surface area contributed by atoms with Gasteiger partial charge in [-0.15, -0.1) is 0 Å². The Morgan fingerprint density at radius 1 is 0.758 bits per heavy atom. The number of hydrogen-bond acceptors (Lipinski definition) is 4. The fourth-order valence-electron chi connectivity index (χ4n) is 5.09. The number of imidazole rings is 2. The molecule has 0 aliphatic rings. The average molecular weight is 428 g/mol. The van der Waals surface area contributed by atoms with Crippen LogP contribution in [0, 0.1) is 0 Å². The summed E-state index contributed by atoms with van der Waals surface area (Å²) in [5.74, 6) is 0.745. The van der Waals surface area contributed by atoms with Gasteiger partial charge < -0.3 is 4.57 Å². The molecule has 0 aliphatic carbocycles. The molecular formula is C27H16N4O2. The van der Waals surface area contributed by atoms with Crippen LogP contribution in [0.2, 0.25) is 0 Å². The largest absolute Gasteiger partial charge is 0.327 e. The molecule has 33 heavy (non-hydrogen) atoms. The second kappa shape index (κ2) is 6.23. The van der Waals surface area contributed by atoms with Crippen molar-refractivity contribution in [2.45, 2.75) is 0 Å². The summed E-state index contributed by atoms with van der Waals surface area (Å²) >= 11 is 0. The van der Waals surface area contributed by atoms with Crippen LogP contribution >= 0.6 is 0 Å². The predicted molar refractivity (Wildman–Crippen MR) is 130 cm³/mol. The summed E-state index contributed by atoms with van der Waals surface area (Å²) in [6, 6.07) is 23.0. The number of benzene rings is 4. The molecule has 0 fully saturated rings. The maximum absolute atomic E-state index is 13.6. The van der Waals surface area contributed by atoms with Gasteiger partial charge in [-0.3, -0.25) is 14.0 Å². The normalized spacial score (nSPS) is 12.0. The summed E-state index contributed by atoms with van der Waals surface area (Å²) in [6.07, 6.45) is 0.844. The number of carbonyl (C=O) groups excluding carboxylic acids is 1. The Hall–Kier alpha value is -4.58. The van der Waals surface area contributed by atoms with Crippen LogP contribution in [0.25, 0.3) is 60.6 Å². The van der Waals surface area contributed by atoms with Crippen LogP contribution in [0.15, 0.2) is 77.6 Å². The molecule has 0 amide bonds. The van der Waals surface area contributed by atoms with Gasteiger partial charge in [-0.1, -0.05) is 30.3 Å². The first-order valence-corrected chi connectivity index (χ1v) is 10.7. The van der Waals surface area contributed by atoms with Crippen molar-refractivity contribution in [1.29, 1.82) is 0 Å². The van der Waals surface area contributed by atoms with Gasteiger partial charge in [0, 0.05) is 39.7 Å². The first-order chi connectivity index (χ1) is 16.2. The Kier molecular flexibility index (Phi) is 3.41. The van der Waals surface area contributed by atoms with Crippen molar-refractivity contribution in [2.75, 3.05) is 0 Å². The lowest BCUT2D eigenvalue weighted by Crippen LogP contribution is -2.13. The van der Waals surface area contributed by atoms with Crippen molar-refractivity contribution in [3.8, 4) is 11.4 Å². The van der Waals surface area contributed by atoms with E-state index >= 15 is 0 Å². The Morgan fingerprint density at radius 2 is 1.45 bits per heavy atom. The number of rotatable bonds is 2. The van der Waals surface area contributed by atoms with Crippen molar-refractivity contribution in [1.82, 2.24) is 18.9 Å². The minimum absolute atomic E-state index is 0.143. The highest BCUT2D eigenvalue weighted by molar-refractivity contribution is 6.22. The summed E-state index contributed by atoms with van der Waals surface area (Å²) in [7, 11) is 1.96. The molecule has 0 N–H and O–H groups in total. The summed E-state index contributed by atoms with van der Waals surface area (Å²) in [5.41, 5.74) is 5.20. The summed E-state index contributed by atoms with van der Waals surface area (Å²) < 4.78 is 3.69. The van der Waals surface area contributed by atoms with Crippen molar-refractivity contribution in [2.24, 2.45) is 7.05 Å². The molecule has 6 nitrogen and oxygen atoms in total. The van der Waals surface area contributed by atoms with E-state index < -0.39 is 0 Å². The maximum atomic E-state index is 13.6. The van der Waals surface area contributed by atoms with Gasteiger partial charge in [-0.2, -0.15) is 0 Å². The van der Waals surface area contributed by atoms with Gasteiger partial charge in [0.2, 0.25) is 0 Å². The number of para-hydroxylation sites is 4. The van der Waals surface area contributed by atoms with Gasteiger partial charge in [0.1, 0.15) is 11.5 Å². The van der Waals surface area contributed by atoms with Crippen molar-refractivity contribution in [3.63, 3.8) is 0 Å². The zero-order valence-electron chi connectivity index (χ0n) is 17.6. The highest BCUT2D eigenvalue weighted by atomic mass is 16.1. The summed E-state index contributed by atoms with van der Waals surface area (Å²) in [4.78, 5) is 35.4. The van der Waals surface area contributed by atoms with Crippen LogP contribution in [-0.4, -0.2) is 25.2 Å². The number of hydrogen-bond donors (Lipinski definition) is 0. The van der Waals surface area contributed by atoms with Crippen molar-refractivity contribution < 1.29 is 4.79 Å². The Morgan fingerprint density at radius 3 is 2.21 bits per heavy atom. The van der Waals surface area contributed by atoms with Crippen molar-refractivity contribution in [3.05, 3.63) is 88.7 Å². The first-order valence-electron chi connectivity index (χ1n) is 10.7. The van der Waals surface area contributed by atoms with Crippen LogP contribution < -0.4 is 5.56 Å². The minimum atomic E-state index is -0.143. The zero-order valence-corrected chi connectivity index (χ0v) is 17.6. The molecule has 3 aromatic heterocycles. The molecule has 0 aliphatic heterocycles. The summed E-state index contributed by atoms with van der Waals surface area (Å²) in [6.45, 7) is 0. The number of carbonyl (C=O) groups is 1. The molecule has 0 spiro atoms. The molecule has 0 saturated carbocycles. The van der Waals surface area contributed by atoms with Crippen LogP contribution in [0.4, 0.5) is 0 Å². The molecule has 0 radical (unpaired) electrons. The van der Waals surface area contributed by atoms with E-state index in [9.17, 15) is 9.59 Å². The molecule has 4 aromatic carbocycles. The van der Waals surface area contributed by atoms with Crippen molar-refractivity contribution >= 4 is 55.5 Å². The number of nitrogens with zero attached hydrogens (tertiary/aromatic N) is 4. The first kappa shape index (κ1) is 18.0. The van der Waals surface area contributed by atoms with E-state index in [0.29, 0.717) is 16.6 Å². The third-order valence-corrected chi connectivity index (χ3v) is 6.58. The fraction of sp³-hybridized carbons (Fsp3) is 0.0370. The van der Waals surface area contributed by atoms with E-state index in [4.69, 9.17) is 9.97 Å². The number of aromatic nitrogens is 4. The zero-order chi connectivity index (χ0) is 22.3. The molecule has 0 atom stereocenters. The van der Waals surface area contributed by atoms with Gasteiger partial charge in [0.15, 0.2) is 6.29 Å².